The summed E-state index contributed by atoms with van der Waals surface area (Å²) in [6, 6.07) is 10.9. The molecule has 0 spiro atoms. The van der Waals surface area contributed by atoms with Gasteiger partial charge in [0.05, 0.1) is 37.6 Å². The molecule has 3 aromatic rings. The normalized spacial score (nSPS) is 15.8. The number of hydrogen-bond donors (Lipinski definition) is 0. The molecular formula is C20H22FN2O2+. The first-order valence-corrected chi connectivity index (χ1v) is 8.64. The lowest BCUT2D eigenvalue weighted by atomic mass is 10.1. The Labute approximate surface area is 146 Å². The molecule has 0 bridgehead atoms. The van der Waals surface area contributed by atoms with Crippen LogP contribution in [0.15, 0.2) is 42.6 Å². The highest BCUT2D eigenvalue weighted by Gasteiger charge is 2.17. The number of pyridine rings is 1. The van der Waals surface area contributed by atoms with Crippen molar-refractivity contribution in [3.05, 3.63) is 48.4 Å². The molecule has 0 atom stereocenters. The molecule has 5 heteroatoms. The Bertz CT molecular complexity index is 907. The van der Waals surface area contributed by atoms with Crippen LogP contribution in [0, 0.1) is 5.82 Å². The number of methoxy groups -OCH3 is 1. The summed E-state index contributed by atoms with van der Waals surface area (Å²) in [5.41, 5.74) is 1.05. The zero-order valence-electron chi connectivity index (χ0n) is 14.4. The molecule has 0 N–H and O–H groups in total. The molecule has 1 saturated heterocycles. The fourth-order valence-electron chi connectivity index (χ4n) is 3.49. The van der Waals surface area contributed by atoms with Crippen LogP contribution in [0.1, 0.15) is 0 Å². The third kappa shape index (κ3) is 3.30. The highest BCUT2D eigenvalue weighted by atomic mass is 19.1. The lowest BCUT2D eigenvalue weighted by Gasteiger charge is -2.25. The summed E-state index contributed by atoms with van der Waals surface area (Å²) in [6.45, 7) is 5.34. The molecule has 0 aliphatic carbocycles. The molecule has 4 rings (SSSR count). The Hall–Kier alpha value is -2.24. The van der Waals surface area contributed by atoms with Crippen LogP contribution in [0.25, 0.3) is 21.7 Å². The Morgan fingerprint density at radius 1 is 1.12 bits per heavy atom. The molecule has 0 saturated carbocycles. The SMILES string of the molecule is COc1ccc2c(c1)c[n+](CCN1CCOCC1)c1ccc(F)cc21. The minimum absolute atomic E-state index is 0.212. The van der Waals surface area contributed by atoms with E-state index < -0.39 is 0 Å². The number of halogens is 1. The molecule has 25 heavy (non-hydrogen) atoms. The largest absolute Gasteiger partial charge is 0.497 e. The van der Waals surface area contributed by atoms with Gasteiger partial charge in [0.2, 0.25) is 5.52 Å². The number of hydrogen-bond acceptors (Lipinski definition) is 3. The topological polar surface area (TPSA) is 25.6 Å². The van der Waals surface area contributed by atoms with Crippen molar-refractivity contribution in [2.75, 3.05) is 40.0 Å². The predicted molar refractivity (Wildman–Crippen MR) is 95.4 cm³/mol. The van der Waals surface area contributed by atoms with Gasteiger partial charge in [-0.2, -0.15) is 4.57 Å². The van der Waals surface area contributed by atoms with E-state index in [9.17, 15) is 4.39 Å². The Morgan fingerprint density at radius 3 is 2.76 bits per heavy atom. The first kappa shape index (κ1) is 16.2. The van der Waals surface area contributed by atoms with Crippen molar-refractivity contribution in [2.45, 2.75) is 6.54 Å². The van der Waals surface area contributed by atoms with Crippen LogP contribution >= 0.6 is 0 Å². The molecule has 4 nitrogen and oxygen atoms in total. The zero-order valence-corrected chi connectivity index (χ0v) is 14.4. The minimum atomic E-state index is -0.212. The van der Waals surface area contributed by atoms with E-state index in [2.05, 4.69) is 15.7 Å². The van der Waals surface area contributed by atoms with E-state index in [-0.39, 0.29) is 5.82 Å². The maximum atomic E-state index is 13.9. The fraction of sp³-hybridized carbons (Fsp3) is 0.350. The summed E-state index contributed by atoms with van der Waals surface area (Å²) in [4.78, 5) is 2.40. The summed E-state index contributed by atoms with van der Waals surface area (Å²) in [5, 5.41) is 3.03. The van der Waals surface area contributed by atoms with Crippen LogP contribution in [-0.4, -0.2) is 44.9 Å². The first-order valence-electron chi connectivity index (χ1n) is 8.64. The van der Waals surface area contributed by atoms with Crippen LogP contribution in [0.3, 0.4) is 0 Å². The Kier molecular flexibility index (Phi) is 4.51. The Morgan fingerprint density at radius 2 is 1.96 bits per heavy atom. The van der Waals surface area contributed by atoms with Gasteiger partial charge in [0.25, 0.3) is 0 Å². The standard InChI is InChI=1S/C20H22FN2O2/c1-24-17-3-4-18-15(12-17)14-23(7-6-22-8-10-25-11-9-22)20-5-2-16(21)13-19(18)20/h2-5,12-14H,6-11H2,1H3/q+1. The second-order valence-corrected chi connectivity index (χ2v) is 6.39. The van der Waals surface area contributed by atoms with Gasteiger partial charge in [-0.05, 0) is 30.3 Å². The molecular weight excluding hydrogens is 319 g/mol. The van der Waals surface area contributed by atoms with Crippen LogP contribution in [0.4, 0.5) is 4.39 Å². The van der Waals surface area contributed by atoms with Crippen molar-refractivity contribution in [2.24, 2.45) is 0 Å². The minimum Gasteiger partial charge on any atom is -0.497 e. The third-order valence-corrected chi connectivity index (χ3v) is 4.87. The van der Waals surface area contributed by atoms with Gasteiger partial charge in [-0.15, -0.1) is 0 Å². The summed E-state index contributed by atoms with van der Waals surface area (Å²) in [7, 11) is 1.66. The van der Waals surface area contributed by atoms with Gasteiger partial charge in [-0.3, -0.25) is 4.90 Å². The van der Waals surface area contributed by atoms with E-state index in [0.29, 0.717) is 0 Å². The average Bonchev–Trinajstić information content (AvgIpc) is 2.66. The lowest BCUT2D eigenvalue weighted by molar-refractivity contribution is -0.669. The van der Waals surface area contributed by atoms with Crippen molar-refractivity contribution >= 4 is 21.7 Å². The van der Waals surface area contributed by atoms with E-state index >= 15 is 0 Å². The molecule has 1 aliphatic rings. The van der Waals surface area contributed by atoms with Gasteiger partial charge < -0.3 is 9.47 Å². The second-order valence-electron chi connectivity index (χ2n) is 6.39. The smallest absolute Gasteiger partial charge is 0.213 e. The van der Waals surface area contributed by atoms with Gasteiger partial charge in [-0.1, -0.05) is 0 Å². The van der Waals surface area contributed by atoms with E-state index in [1.807, 2.05) is 24.3 Å². The number of nitrogens with zero attached hydrogens (tertiary/aromatic N) is 2. The third-order valence-electron chi connectivity index (χ3n) is 4.87. The molecule has 0 radical (unpaired) electrons. The lowest BCUT2D eigenvalue weighted by Crippen LogP contribution is -2.44. The van der Waals surface area contributed by atoms with Crippen LogP contribution in [0.2, 0.25) is 0 Å². The van der Waals surface area contributed by atoms with Crippen molar-refractivity contribution in [1.29, 1.82) is 0 Å². The molecule has 130 valence electrons. The summed E-state index contributed by atoms with van der Waals surface area (Å²) < 4.78 is 26.8. The van der Waals surface area contributed by atoms with Gasteiger partial charge in [0.15, 0.2) is 12.7 Å². The molecule has 0 unspecified atom stereocenters. The van der Waals surface area contributed by atoms with Crippen molar-refractivity contribution in [3.63, 3.8) is 0 Å². The number of aromatic nitrogens is 1. The highest BCUT2D eigenvalue weighted by Crippen LogP contribution is 2.26. The zero-order chi connectivity index (χ0) is 17.2. The monoisotopic (exact) mass is 341 g/mol. The number of ether oxygens (including phenoxy) is 2. The number of morpholine rings is 1. The van der Waals surface area contributed by atoms with Crippen LogP contribution in [0.5, 0.6) is 5.75 Å². The molecule has 1 aromatic heterocycles. The quantitative estimate of drug-likeness (QED) is 0.539. The van der Waals surface area contributed by atoms with E-state index in [4.69, 9.17) is 9.47 Å². The predicted octanol–water partition coefficient (Wildman–Crippen LogP) is 2.76. The van der Waals surface area contributed by atoms with Crippen molar-refractivity contribution < 1.29 is 18.4 Å². The Balaban J connectivity index is 1.77. The molecule has 2 heterocycles. The van der Waals surface area contributed by atoms with E-state index in [1.54, 1.807) is 13.2 Å². The number of rotatable bonds is 4. The molecule has 1 fully saturated rings. The van der Waals surface area contributed by atoms with Crippen molar-refractivity contribution in [1.82, 2.24) is 4.90 Å². The first-order chi connectivity index (χ1) is 12.2. The molecule has 0 amide bonds. The molecule has 1 aliphatic heterocycles. The maximum absolute atomic E-state index is 13.9. The van der Waals surface area contributed by atoms with Crippen LogP contribution < -0.4 is 9.30 Å². The summed E-state index contributed by atoms with van der Waals surface area (Å²) in [6.07, 6.45) is 2.14. The van der Waals surface area contributed by atoms with Gasteiger partial charge in [0, 0.05) is 24.5 Å². The summed E-state index contributed by atoms with van der Waals surface area (Å²) in [5.74, 6) is 0.596. The van der Waals surface area contributed by atoms with Crippen LogP contribution in [-0.2, 0) is 11.3 Å². The van der Waals surface area contributed by atoms with Gasteiger partial charge in [0.1, 0.15) is 11.6 Å². The fourth-order valence-corrected chi connectivity index (χ4v) is 3.49. The van der Waals surface area contributed by atoms with E-state index in [1.165, 1.54) is 6.07 Å². The number of fused-ring (bicyclic) bond motifs is 3. The highest BCUT2D eigenvalue weighted by molar-refractivity contribution is 6.04. The van der Waals surface area contributed by atoms with Gasteiger partial charge in [-0.25, -0.2) is 4.39 Å². The van der Waals surface area contributed by atoms with E-state index in [0.717, 1.165) is 66.8 Å². The van der Waals surface area contributed by atoms with Gasteiger partial charge >= 0.3 is 0 Å². The second kappa shape index (κ2) is 6.94. The summed E-state index contributed by atoms with van der Waals surface area (Å²) >= 11 is 0. The number of benzene rings is 2. The maximum Gasteiger partial charge on any atom is 0.213 e. The molecule has 2 aromatic carbocycles. The van der Waals surface area contributed by atoms with Crippen molar-refractivity contribution in [3.8, 4) is 5.75 Å². The average molecular weight is 341 g/mol.